The van der Waals surface area contributed by atoms with Crippen molar-refractivity contribution in [2.45, 2.75) is 26.0 Å². The molecule has 0 bridgehead atoms. The summed E-state index contributed by atoms with van der Waals surface area (Å²) in [6.45, 7) is 2.32. The number of halogens is 1. The van der Waals surface area contributed by atoms with Gasteiger partial charge in [-0.1, -0.05) is 18.2 Å². The number of aryl methyl sites for hydroxylation is 1. The smallest absolute Gasteiger partial charge is 0.268 e. The van der Waals surface area contributed by atoms with Crippen LogP contribution in [0.25, 0.3) is 0 Å². The van der Waals surface area contributed by atoms with E-state index in [4.69, 9.17) is 4.74 Å². The number of nitrogens with zero attached hydrogens (tertiary/aromatic N) is 2. The lowest BCUT2D eigenvalue weighted by Crippen LogP contribution is -2.30. The Labute approximate surface area is 119 Å². The van der Waals surface area contributed by atoms with E-state index in [0.717, 1.165) is 12.2 Å². The second-order valence-corrected chi connectivity index (χ2v) is 5.45. The molecule has 19 heavy (non-hydrogen) atoms. The van der Waals surface area contributed by atoms with Crippen LogP contribution in [0, 0.1) is 6.92 Å². The molecule has 0 radical (unpaired) electrons. The molecule has 1 unspecified atom stereocenters. The number of hydrogen-bond donors (Lipinski definition) is 0. The van der Waals surface area contributed by atoms with Crippen molar-refractivity contribution < 1.29 is 4.74 Å². The first-order valence-corrected chi connectivity index (χ1v) is 6.90. The fraction of sp³-hybridized carbons (Fsp3) is 0.286. The standard InChI is InChI=1S/C14H13BrN2O2/c1-9-13(15)14(18)17(8-16-9)7-11-6-10-4-2-3-5-12(10)19-11/h2-5,8,11H,6-7H2,1H3. The Balaban J connectivity index is 1.82. The van der Waals surface area contributed by atoms with Gasteiger partial charge in [-0.2, -0.15) is 0 Å². The average Bonchev–Trinajstić information content (AvgIpc) is 2.82. The molecule has 0 N–H and O–H groups in total. The summed E-state index contributed by atoms with van der Waals surface area (Å²) in [4.78, 5) is 16.3. The van der Waals surface area contributed by atoms with Gasteiger partial charge in [0.05, 0.1) is 18.6 Å². The molecule has 1 atom stereocenters. The van der Waals surface area contributed by atoms with Gasteiger partial charge < -0.3 is 4.74 Å². The molecule has 0 saturated carbocycles. The highest BCUT2D eigenvalue weighted by Gasteiger charge is 2.23. The van der Waals surface area contributed by atoms with Crippen LogP contribution in [-0.2, 0) is 13.0 Å². The van der Waals surface area contributed by atoms with Crippen molar-refractivity contribution in [2.75, 3.05) is 0 Å². The van der Waals surface area contributed by atoms with Gasteiger partial charge in [0, 0.05) is 6.42 Å². The maximum absolute atomic E-state index is 12.1. The third-order valence-electron chi connectivity index (χ3n) is 3.27. The molecule has 1 aliphatic rings. The molecule has 1 aromatic heterocycles. The van der Waals surface area contributed by atoms with Crippen molar-refractivity contribution in [3.63, 3.8) is 0 Å². The second-order valence-electron chi connectivity index (χ2n) is 4.65. The summed E-state index contributed by atoms with van der Waals surface area (Å²) in [6.07, 6.45) is 2.40. The van der Waals surface area contributed by atoms with Crippen LogP contribution in [0.5, 0.6) is 5.75 Å². The van der Waals surface area contributed by atoms with E-state index < -0.39 is 0 Å². The fourth-order valence-corrected chi connectivity index (χ4v) is 2.58. The number of hydrogen-bond acceptors (Lipinski definition) is 3. The van der Waals surface area contributed by atoms with Crippen LogP contribution >= 0.6 is 15.9 Å². The van der Waals surface area contributed by atoms with Gasteiger partial charge in [0.15, 0.2) is 0 Å². The highest BCUT2D eigenvalue weighted by atomic mass is 79.9. The van der Waals surface area contributed by atoms with E-state index in [1.165, 1.54) is 5.56 Å². The number of ether oxygens (including phenoxy) is 1. The Hall–Kier alpha value is -1.62. The number of rotatable bonds is 2. The van der Waals surface area contributed by atoms with Gasteiger partial charge in [0.1, 0.15) is 16.3 Å². The molecule has 0 fully saturated rings. The Morgan fingerprint density at radius 3 is 3.05 bits per heavy atom. The predicted molar refractivity (Wildman–Crippen MR) is 75.5 cm³/mol. The van der Waals surface area contributed by atoms with Crippen LogP contribution in [0.15, 0.2) is 39.9 Å². The first-order chi connectivity index (χ1) is 9.15. The van der Waals surface area contributed by atoms with Crippen LogP contribution in [0.3, 0.4) is 0 Å². The van der Waals surface area contributed by atoms with Crippen molar-refractivity contribution >= 4 is 15.9 Å². The monoisotopic (exact) mass is 320 g/mol. The Kier molecular flexibility index (Phi) is 3.14. The molecule has 2 heterocycles. The molecule has 1 aliphatic heterocycles. The summed E-state index contributed by atoms with van der Waals surface area (Å²) in [5.41, 5.74) is 1.84. The van der Waals surface area contributed by atoms with Gasteiger partial charge in [-0.05, 0) is 34.5 Å². The molecular weight excluding hydrogens is 308 g/mol. The van der Waals surface area contributed by atoms with Gasteiger partial charge >= 0.3 is 0 Å². The Morgan fingerprint density at radius 2 is 2.26 bits per heavy atom. The quantitative estimate of drug-likeness (QED) is 0.853. The lowest BCUT2D eigenvalue weighted by Gasteiger charge is -2.13. The zero-order valence-corrected chi connectivity index (χ0v) is 12.1. The average molecular weight is 321 g/mol. The van der Waals surface area contributed by atoms with Crippen molar-refractivity contribution in [3.8, 4) is 5.75 Å². The summed E-state index contributed by atoms with van der Waals surface area (Å²) >= 11 is 3.27. The van der Waals surface area contributed by atoms with E-state index in [2.05, 4.69) is 27.0 Å². The topological polar surface area (TPSA) is 44.1 Å². The molecule has 0 spiro atoms. The first kappa shape index (κ1) is 12.4. The lowest BCUT2D eigenvalue weighted by atomic mass is 10.1. The third kappa shape index (κ3) is 2.30. The van der Waals surface area contributed by atoms with Crippen molar-refractivity contribution in [2.24, 2.45) is 0 Å². The van der Waals surface area contributed by atoms with E-state index in [-0.39, 0.29) is 11.7 Å². The fourth-order valence-electron chi connectivity index (χ4n) is 2.25. The molecule has 5 heteroatoms. The summed E-state index contributed by atoms with van der Waals surface area (Å²) in [5.74, 6) is 0.916. The van der Waals surface area contributed by atoms with Crippen LogP contribution in [0.1, 0.15) is 11.3 Å². The summed E-state index contributed by atoms with van der Waals surface area (Å²) in [7, 11) is 0. The van der Waals surface area contributed by atoms with Crippen molar-refractivity contribution in [3.05, 3.63) is 56.7 Å². The van der Waals surface area contributed by atoms with E-state index in [9.17, 15) is 4.79 Å². The molecule has 3 rings (SSSR count). The number of para-hydroxylation sites is 1. The normalized spacial score (nSPS) is 17.1. The number of aromatic nitrogens is 2. The van der Waals surface area contributed by atoms with E-state index >= 15 is 0 Å². The van der Waals surface area contributed by atoms with Gasteiger partial charge in [-0.25, -0.2) is 4.98 Å². The van der Waals surface area contributed by atoms with Gasteiger partial charge in [-0.15, -0.1) is 0 Å². The van der Waals surface area contributed by atoms with Crippen LogP contribution in [0.4, 0.5) is 0 Å². The van der Waals surface area contributed by atoms with E-state index in [1.54, 1.807) is 17.8 Å². The summed E-state index contributed by atoms with van der Waals surface area (Å²) in [5, 5.41) is 0. The molecule has 1 aromatic carbocycles. The Bertz CT molecular complexity index is 656. The molecule has 0 aliphatic carbocycles. The van der Waals surface area contributed by atoms with E-state index in [1.807, 2.05) is 18.2 Å². The van der Waals surface area contributed by atoms with Crippen molar-refractivity contribution in [1.82, 2.24) is 9.55 Å². The molecule has 2 aromatic rings. The minimum Gasteiger partial charge on any atom is -0.488 e. The molecule has 0 amide bonds. The van der Waals surface area contributed by atoms with Crippen molar-refractivity contribution in [1.29, 1.82) is 0 Å². The highest BCUT2D eigenvalue weighted by molar-refractivity contribution is 9.10. The Morgan fingerprint density at radius 1 is 1.47 bits per heavy atom. The minimum absolute atomic E-state index is 0.00786. The zero-order valence-electron chi connectivity index (χ0n) is 10.5. The SMILES string of the molecule is Cc1ncn(CC2Cc3ccccc3O2)c(=O)c1Br. The van der Waals surface area contributed by atoms with Crippen LogP contribution in [-0.4, -0.2) is 15.7 Å². The molecule has 98 valence electrons. The highest BCUT2D eigenvalue weighted by Crippen LogP contribution is 2.28. The number of fused-ring (bicyclic) bond motifs is 1. The predicted octanol–water partition coefficient (Wildman–Crippen LogP) is 2.32. The third-order valence-corrected chi connectivity index (χ3v) is 4.18. The maximum Gasteiger partial charge on any atom is 0.268 e. The molecular formula is C14H13BrN2O2. The van der Waals surface area contributed by atoms with Crippen LogP contribution in [0.2, 0.25) is 0 Å². The minimum atomic E-state index is -0.0629. The second kappa shape index (κ2) is 4.81. The summed E-state index contributed by atoms with van der Waals surface area (Å²) in [6, 6.07) is 7.97. The van der Waals surface area contributed by atoms with Gasteiger partial charge in [-0.3, -0.25) is 9.36 Å². The lowest BCUT2D eigenvalue weighted by molar-refractivity contribution is 0.206. The zero-order chi connectivity index (χ0) is 13.4. The summed E-state index contributed by atoms with van der Waals surface area (Å²) < 4.78 is 7.94. The van der Waals surface area contributed by atoms with Gasteiger partial charge in [0.2, 0.25) is 0 Å². The largest absolute Gasteiger partial charge is 0.488 e. The number of benzene rings is 1. The van der Waals surface area contributed by atoms with E-state index in [0.29, 0.717) is 16.7 Å². The molecule has 0 saturated heterocycles. The van der Waals surface area contributed by atoms with Gasteiger partial charge in [0.25, 0.3) is 5.56 Å². The van der Waals surface area contributed by atoms with Crippen LogP contribution < -0.4 is 10.3 Å². The maximum atomic E-state index is 12.1. The molecule has 4 nitrogen and oxygen atoms in total. The first-order valence-electron chi connectivity index (χ1n) is 6.11.